The molecule has 0 unspecified atom stereocenters. The lowest BCUT2D eigenvalue weighted by Crippen LogP contribution is -2.07. The molecule has 0 N–H and O–H groups in total. The number of halogens is 1. The number of esters is 1. The maximum atomic E-state index is 11.8. The molecule has 0 atom stereocenters. The Bertz CT molecular complexity index is 821. The quantitative estimate of drug-likeness (QED) is 0.615. The van der Waals surface area contributed by atoms with E-state index in [9.17, 15) is 4.79 Å². The molecule has 0 aliphatic carbocycles. The molecule has 1 aromatic heterocycles. The third-order valence-corrected chi connectivity index (χ3v) is 4.31. The Morgan fingerprint density at radius 3 is 2.61 bits per heavy atom. The molecule has 3 aromatic rings. The summed E-state index contributed by atoms with van der Waals surface area (Å²) in [4.78, 5) is 11.8. The van der Waals surface area contributed by atoms with Crippen molar-refractivity contribution in [2.24, 2.45) is 0 Å². The Labute approximate surface area is 144 Å². The van der Waals surface area contributed by atoms with Gasteiger partial charge in [-0.2, -0.15) is 0 Å². The molecular weight excluding hydrogens is 354 g/mol. The molecule has 0 radical (unpaired) electrons. The molecule has 0 spiro atoms. The minimum Gasteiger partial charge on any atom is -0.466 e. The van der Waals surface area contributed by atoms with E-state index in [1.54, 1.807) is 0 Å². The molecule has 0 saturated carbocycles. The zero-order chi connectivity index (χ0) is 16.2. The monoisotopic (exact) mass is 371 g/mol. The lowest BCUT2D eigenvalue weighted by molar-refractivity contribution is -0.142. The molecule has 3 nitrogen and oxygen atoms in total. The Morgan fingerprint density at radius 1 is 1.13 bits per heavy atom. The minimum atomic E-state index is -0.181. The Kier molecular flexibility index (Phi) is 4.82. The summed E-state index contributed by atoms with van der Waals surface area (Å²) in [6, 6.07) is 16.5. The molecule has 2 aromatic carbocycles. The molecule has 118 valence electrons. The minimum absolute atomic E-state index is 0.181. The van der Waals surface area contributed by atoms with Crippen LogP contribution in [0.3, 0.4) is 0 Å². The highest BCUT2D eigenvalue weighted by Gasteiger charge is 2.12. The van der Waals surface area contributed by atoms with Crippen LogP contribution >= 0.6 is 15.9 Å². The van der Waals surface area contributed by atoms with Gasteiger partial charge in [0.15, 0.2) is 0 Å². The second-order valence-corrected chi connectivity index (χ2v) is 6.32. The fraction of sp³-hybridized carbons (Fsp3) is 0.211. The maximum Gasteiger partial charge on any atom is 0.310 e. The summed E-state index contributed by atoms with van der Waals surface area (Å²) in [6.45, 7) is 3.02. The van der Waals surface area contributed by atoms with E-state index in [0.717, 1.165) is 27.5 Å². The Balaban J connectivity index is 1.94. The fourth-order valence-corrected chi connectivity index (χ4v) is 3.01. The number of rotatable bonds is 5. The van der Waals surface area contributed by atoms with Crippen LogP contribution in [0.25, 0.3) is 10.9 Å². The normalized spacial score (nSPS) is 10.9. The topological polar surface area (TPSA) is 31.2 Å². The summed E-state index contributed by atoms with van der Waals surface area (Å²) >= 11 is 3.46. The lowest BCUT2D eigenvalue weighted by Gasteiger charge is -2.05. The molecule has 0 fully saturated rings. The molecule has 1 heterocycles. The number of aromatic nitrogens is 1. The first kappa shape index (κ1) is 15.8. The molecule has 0 amide bonds. The zero-order valence-corrected chi connectivity index (χ0v) is 14.5. The average molecular weight is 372 g/mol. The van der Waals surface area contributed by atoms with Gasteiger partial charge in [-0.05, 0) is 36.2 Å². The van der Waals surface area contributed by atoms with Crippen LogP contribution in [0.15, 0.2) is 59.2 Å². The summed E-state index contributed by atoms with van der Waals surface area (Å²) in [5, 5.41) is 1.11. The number of fused-ring (bicyclic) bond motifs is 1. The van der Waals surface area contributed by atoms with Gasteiger partial charge in [-0.3, -0.25) is 4.79 Å². The molecule has 4 heteroatoms. The van der Waals surface area contributed by atoms with Crippen molar-refractivity contribution in [1.82, 2.24) is 4.57 Å². The van der Waals surface area contributed by atoms with Crippen molar-refractivity contribution in [3.63, 3.8) is 0 Å². The number of nitrogens with zero attached hydrogens (tertiary/aromatic N) is 1. The second kappa shape index (κ2) is 7.01. The number of hydrogen-bond donors (Lipinski definition) is 0. The van der Waals surface area contributed by atoms with Crippen LogP contribution in [0.1, 0.15) is 18.1 Å². The number of benzene rings is 2. The summed E-state index contributed by atoms with van der Waals surface area (Å²) in [6.07, 6.45) is 2.37. The summed E-state index contributed by atoms with van der Waals surface area (Å²) in [7, 11) is 0. The van der Waals surface area contributed by atoms with Crippen molar-refractivity contribution >= 4 is 32.8 Å². The van der Waals surface area contributed by atoms with E-state index in [2.05, 4.69) is 51.0 Å². The van der Waals surface area contributed by atoms with Crippen molar-refractivity contribution in [2.75, 3.05) is 6.61 Å². The standard InChI is InChI=1S/C19H18BrNO2/c1-2-23-19(22)11-15-13-21(18-6-4-3-5-17(15)18)12-14-7-9-16(20)10-8-14/h3-10,13H,2,11-12H2,1H3. The van der Waals surface area contributed by atoms with E-state index in [1.807, 2.05) is 31.2 Å². The van der Waals surface area contributed by atoms with Gasteiger partial charge in [0.1, 0.15) is 0 Å². The second-order valence-electron chi connectivity index (χ2n) is 5.41. The van der Waals surface area contributed by atoms with Crippen LogP contribution in [-0.2, 0) is 22.5 Å². The largest absolute Gasteiger partial charge is 0.466 e. The van der Waals surface area contributed by atoms with E-state index in [0.29, 0.717) is 13.0 Å². The number of carbonyl (C=O) groups is 1. The van der Waals surface area contributed by atoms with Crippen molar-refractivity contribution in [2.45, 2.75) is 19.9 Å². The van der Waals surface area contributed by atoms with Crippen molar-refractivity contribution in [3.8, 4) is 0 Å². The van der Waals surface area contributed by atoms with E-state index < -0.39 is 0 Å². The molecular formula is C19H18BrNO2. The highest BCUT2D eigenvalue weighted by molar-refractivity contribution is 9.10. The Hall–Kier alpha value is -2.07. The number of para-hydroxylation sites is 1. The van der Waals surface area contributed by atoms with Gasteiger partial charge in [0, 0.05) is 28.1 Å². The fourth-order valence-electron chi connectivity index (χ4n) is 2.75. The van der Waals surface area contributed by atoms with E-state index in [4.69, 9.17) is 4.74 Å². The summed E-state index contributed by atoms with van der Waals surface area (Å²) in [5.74, 6) is -0.181. The smallest absolute Gasteiger partial charge is 0.310 e. The molecule has 0 saturated heterocycles. The molecule has 0 aliphatic rings. The Morgan fingerprint density at radius 2 is 1.87 bits per heavy atom. The highest BCUT2D eigenvalue weighted by Crippen LogP contribution is 2.23. The van der Waals surface area contributed by atoms with Gasteiger partial charge in [-0.15, -0.1) is 0 Å². The SMILES string of the molecule is CCOC(=O)Cc1cn(Cc2ccc(Br)cc2)c2ccccc12. The van der Waals surface area contributed by atoms with E-state index in [-0.39, 0.29) is 5.97 Å². The van der Waals surface area contributed by atoms with Gasteiger partial charge in [0.25, 0.3) is 0 Å². The van der Waals surface area contributed by atoms with Crippen molar-refractivity contribution in [1.29, 1.82) is 0 Å². The summed E-state index contributed by atoms with van der Waals surface area (Å²) in [5.41, 5.74) is 3.36. The third-order valence-electron chi connectivity index (χ3n) is 3.78. The summed E-state index contributed by atoms with van der Waals surface area (Å²) < 4.78 is 8.34. The van der Waals surface area contributed by atoms with Crippen molar-refractivity contribution in [3.05, 3.63) is 70.3 Å². The molecule has 0 bridgehead atoms. The van der Waals surface area contributed by atoms with Gasteiger partial charge in [-0.25, -0.2) is 0 Å². The van der Waals surface area contributed by atoms with Gasteiger partial charge < -0.3 is 9.30 Å². The van der Waals surface area contributed by atoms with Gasteiger partial charge in [0.2, 0.25) is 0 Å². The first-order chi connectivity index (χ1) is 11.2. The number of carbonyl (C=O) groups excluding carboxylic acids is 1. The van der Waals surface area contributed by atoms with Crippen LogP contribution in [-0.4, -0.2) is 17.1 Å². The van der Waals surface area contributed by atoms with Gasteiger partial charge in [0.05, 0.1) is 13.0 Å². The van der Waals surface area contributed by atoms with Crippen LogP contribution in [0, 0.1) is 0 Å². The van der Waals surface area contributed by atoms with Crippen LogP contribution in [0.4, 0.5) is 0 Å². The lowest BCUT2D eigenvalue weighted by atomic mass is 10.1. The van der Waals surface area contributed by atoms with Gasteiger partial charge >= 0.3 is 5.97 Å². The third kappa shape index (κ3) is 3.64. The predicted octanol–water partition coefficient (Wildman–Crippen LogP) is 4.56. The average Bonchev–Trinajstić information content (AvgIpc) is 2.88. The highest BCUT2D eigenvalue weighted by atomic mass is 79.9. The number of hydrogen-bond acceptors (Lipinski definition) is 2. The maximum absolute atomic E-state index is 11.8. The van der Waals surface area contributed by atoms with Gasteiger partial charge in [-0.1, -0.05) is 46.3 Å². The first-order valence-electron chi connectivity index (χ1n) is 7.64. The van der Waals surface area contributed by atoms with E-state index >= 15 is 0 Å². The first-order valence-corrected chi connectivity index (χ1v) is 8.43. The van der Waals surface area contributed by atoms with Crippen molar-refractivity contribution < 1.29 is 9.53 Å². The molecule has 3 rings (SSSR count). The molecule has 23 heavy (non-hydrogen) atoms. The zero-order valence-electron chi connectivity index (χ0n) is 13.0. The van der Waals surface area contributed by atoms with Crippen LogP contribution < -0.4 is 0 Å². The molecule has 0 aliphatic heterocycles. The number of ether oxygens (including phenoxy) is 1. The van der Waals surface area contributed by atoms with E-state index in [1.165, 1.54) is 5.56 Å². The van der Waals surface area contributed by atoms with Crippen LogP contribution in [0.5, 0.6) is 0 Å². The predicted molar refractivity (Wildman–Crippen MR) is 95.5 cm³/mol. The van der Waals surface area contributed by atoms with Crippen LogP contribution in [0.2, 0.25) is 0 Å².